The second kappa shape index (κ2) is 10.5. The third-order valence-electron chi connectivity index (χ3n) is 5.54. The largest absolute Gasteiger partial charge is 0.437 e. The number of nitrogens with zero attached hydrogens (tertiary/aromatic N) is 4. The molecule has 1 aliphatic rings. The number of ether oxygens (including phenoxy) is 1. The number of hydrogen-bond acceptors (Lipinski definition) is 7. The highest BCUT2D eigenvalue weighted by molar-refractivity contribution is 6.31. The number of aryl methyl sites for hydroxylation is 1. The van der Waals surface area contributed by atoms with Crippen LogP contribution in [0.15, 0.2) is 61.3 Å². The van der Waals surface area contributed by atoms with Gasteiger partial charge in [-0.2, -0.15) is 4.98 Å². The van der Waals surface area contributed by atoms with Crippen molar-refractivity contribution in [3.63, 3.8) is 0 Å². The summed E-state index contributed by atoms with van der Waals surface area (Å²) in [6.45, 7) is 9.66. The summed E-state index contributed by atoms with van der Waals surface area (Å²) in [4.78, 5) is 25.0. The molecule has 176 valence electrons. The number of aromatic nitrogens is 2. The van der Waals surface area contributed by atoms with Crippen molar-refractivity contribution in [1.29, 1.82) is 0 Å². The summed E-state index contributed by atoms with van der Waals surface area (Å²) >= 11 is 6.27. The zero-order valence-electron chi connectivity index (χ0n) is 19.2. The molecule has 1 aliphatic heterocycles. The topological polar surface area (TPSA) is 82.6 Å². The Morgan fingerprint density at radius 1 is 1.18 bits per heavy atom. The second-order valence-electron chi connectivity index (χ2n) is 8.08. The molecule has 2 aromatic carbocycles. The molecule has 0 bridgehead atoms. The molecule has 0 unspecified atom stereocenters. The summed E-state index contributed by atoms with van der Waals surface area (Å²) in [6, 6.07) is 13.2. The number of likely N-dealkylation sites (N-methyl/N-ethyl adjacent to an activating group) is 1. The number of anilines is 4. The second-order valence-corrected chi connectivity index (χ2v) is 8.49. The molecule has 0 radical (unpaired) electrons. The molecule has 0 aliphatic carbocycles. The van der Waals surface area contributed by atoms with Gasteiger partial charge in [0.1, 0.15) is 10.8 Å². The van der Waals surface area contributed by atoms with Crippen LogP contribution in [0.5, 0.6) is 11.6 Å². The number of halogens is 1. The number of rotatable bonds is 7. The molecule has 9 heteroatoms. The Morgan fingerprint density at radius 3 is 2.71 bits per heavy atom. The fourth-order valence-electron chi connectivity index (χ4n) is 3.60. The highest BCUT2D eigenvalue weighted by atomic mass is 35.5. The van der Waals surface area contributed by atoms with Crippen molar-refractivity contribution in [2.45, 2.75) is 6.92 Å². The summed E-state index contributed by atoms with van der Waals surface area (Å²) in [5.74, 6) is 0.739. The molecular weight excluding hydrogens is 452 g/mol. The smallest absolute Gasteiger partial charge is 0.247 e. The lowest BCUT2D eigenvalue weighted by molar-refractivity contribution is -0.111. The van der Waals surface area contributed by atoms with Gasteiger partial charge in [0, 0.05) is 49.3 Å². The lowest BCUT2D eigenvalue weighted by Gasteiger charge is -2.34. The molecule has 0 saturated carbocycles. The number of piperazine rings is 1. The van der Waals surface area contributed by atoms with Crippen LogP contribution in [-0.2, 0) is 4.79 Å². The van der Waals surface area contributed by atoms with Gasteiger partial charge in [-0.15, -0.1) is 0 Å². The van der Waals surface area contributed by atoms with E-state index in [-0.39, 0.29) is 16.8 Å². The number of carbonyl (C=O) groups excluding carboxylic acids is 1. The maximum Gasteiger partial charge on any atom is 0.247 e. The Balaban J connectivity index is 1.48. The number of amides is 1. The predicted molar refractivity (Wildman–Crippen MR) is 137 cm³/mol. The van der Waals surface area contributed by atoms with Gasteiger partial charge in [-0.05, 0) is 55.9 Å². The molecule has 1 fully saturated rings. The van der Waals surface area contributed by atoms with E-state index in [9.17, 15) is 4.79 Å². The molecule has 4 rings (SSSR count). The van der Waals surface area contributed by atoms with Crippen LogP contribution in [0, 0.1) is 6.92 Å². The van der Waals surface area contributed by atoms with Crippen LogP contribution in [-0.4, -0.2) is 54.0 Å². The standard InChI is InChI=1S/C25H27ClN6O2/c1-4-23(33)28-18-6-5-7-20(15-18)34-24-21(26)16-27-25(30-24)29-22-9-8-19(14-17(22)2)32-12-10-31(3)11-13-32/h4-9,14-16H,1,10-13H2,2-3H3,(H,28,33)(H,27,29,30). The zero-order chi connectivity index (χ0) is 24.1. The summed E-state index contributed by atoms with van der Waals surface area (Å²) in [5.41, 5.74) is 3.77. The molecule has 2 N–H and O–H groups in total. The van der Waals surface area contributed by atoms with E-state index in [2.05, 4.69) is 63.1 Å². The Hall–Kier alpha value is -3.62. The van der Waals surface area contributed by atoms with E-state index < -0.39 is 0 Å². The van der Waals surface area contributed by atoms with Crippen LogP contribution in [0.4, 0.5) is 23.0 Å². The lowest BCUT2D eigenvalue weighted by atomic mass is 10.1. The summed E-state index contributed by atoms with van der Waals surface area (Å²) < 4.78 is 5.87. The fourth-order valence-corrected chi connectivity index (χ4v) is 3.73. The van der Waals surface area contributed by atoms with Gasteiger partial charge in [0.05, 0.1) is 6.20 Å². The van der Waals surface area contributed by atoms with Crippen molar-refractivity contribution < 1.29 is 9.53 Å². The number of nitrogens with one attached hydrogen (secondary N) is 2. The first-order valence-corrected chi connectivity index (χ1v) is 11.3. The Kier molecular flexibility index (Phi) is 7.30. The number of benzene rings is 2. The Morgan fingerprint density at radius 2 is 1.97 bits per heavy atom. The number of hydrogen-bond donors (Lipinski definition) is 2. The van der Waals surface area contributed by atoms with Gasteiger partial charge in [-0.1, -0.05) is 24.2 Å². The van der Waals surface area contributed by atoms with E-state index in [4.69, 9.17) is 16.3 Å². The molecule has 8 nitrogen and oxygen atoms in total. The molecule has 0 spiro atoms. The van der Waals surface area contributed by atoms with Crippen LogP contribution in [0.25, 0.3) is 0 Å². The zero-order valence-corrected chi connectivity index (χ0v) is 20.0. The van der Waals surface area contributed by atoms with Crippen molar-refractivity contribution in [3.8, 4) is 11.6 Å². The summed E-state index contributed by atoms with van der Waals surface area (Å²) in [5, 5.41) is 6.22. The minimum Gasteiger partial charge on any atom is -0.437 e. The first kappa shape index (κ1) is 23.5. The van der Waals surface area contributed by atoms with Crippen LogP contribution in [0.1, 0.15) is 5.56 Å². The van der Waals surface area contributed by atoms with E-state index in [1.54, 1.807) is 24.3 Å². The van der Waals surface area contributed by atoms with Gasteiger partial charge in [0.2, 0.25) is 17.7 Å². The Bertz CT molecular complexity index is 1190. The molecule has 1 amide bonds. The third kappa shape index (κ3) is 5.84. The van der Waals surface area contributed by atoms with Crippen LogP contribution in [0.3, 0.4) is 0 Å². The highest BCUT2D eigenvalue weighted by Crippen LogP contribution is 2.31. The average Bonchev–Trinajstić information content (AvgIpc) is 2.83. The van der Waals surface area contributed by atoms with Gasteiger partial charge >= 0.3 is 0 Å². The van der Waals surface area contributed by atoms with Crippen LogP contribution in [0.2, 0.25) is 5.02 Å². The average molecular weight is 479 g/mol. The number of carbonyl (C=O) groups is 1. The van der Waals surface area contributed by atoms with Gasteiger partial charge in [0.25, 0.3) is 0 Å². The predicted octanol–water partition coefficient (Wildman–Crippen LogP) is 4.85. The van der Waals surface area contributed by atoms with Crippen molar-refractivity contribution in [1.82, 2.24) is 14.9 Å². The quantitative estimate of drug-likeness (QED) is 0.469. The third-order valence-corrected chi connectivity index (χ3v) is 5.80. The highest BCUT2D eigenvalue weighted by Gasteiger charge is 2.15. The molecule has 1 aromatic heterocycles. The van der Waals surface area contributed by atoms with E-state index in [0.717, 1.165) is 37.4 Å². The minimum atomic E-state index is -0.308. The first-order chi connectivity index (χ1) is 16.4. The molecule has 0 atom stereocenters. The maximum atomic E-state index is 11.6. The minimum absolute atomic E-state index is 0.207. The van der Waals surface area contributed by atoms with Crippen LogP contribution >= 0.6 is 11.6 Å². The van der Waals surface area contributed by atoms with Crippen molar-refractivity contribution >= 4 is 40.5 Å². The molecule has 34 heavy (non-hydrogen) atoms. The lowest BCUT2D eigenvalue weighted by Crippen LogP contribution is -2.44. The van der Waals surface area contributed by atoms with E-state index >= 15 is 0 Å². The summed E-state index contributed by atoms with van der Waals surface area (Å²) in [6.07, 6.45) is 2.69. The molecule has 2 heterocycles. The first-order valence-electron chi connectivity index (χ1n) is 11.0. The van der Waals surface area contributed by atoms with Crippen molar-refractivity contribution in [2.75, 3.05) is 48.8 Å². The monoisotopic (exact) mass is 478 g/mol. The van der Waals surface area contributed by atoms with E-state index in [1.165, 1.54) is 18.0 Å². The molecular formula is C25H27ClN6O2. The SMILES string of the molecule is C=CC(=O)Nc1cccc(Oc2nc(Nc3ccc(N4CCN(C)CC4)cc3C)ncc2Cl)c1. The van der Waals surface area contributed by atoms with E-state index in [1.807, 2.05) is 6.07 Å². The van der Waals surface area contributed by atoms with E-state index in [0.29, 0.717) is 17.4 Å². The van der Waals surface area contributed by atoms with Gasteiger partial charge in [-0.25, -0.2) is 4.98 Å². The Labute approximate surface area is 204 Å². The molecule has 3 aromatic rings. The molecule has 1 saturated heterocycles. The van der Waals surface area contributed by atoms with Crippen molar-refractivity contribution in [3.05, 3.63) is 71.9 Å². The van der Waals surface area contributed by atoms with Crippen molar-refractivity contribution in [2.24, 2.45) is 0 Å². The maximum absolute atomic E-state index is 11.6. The van der Waals surface area contributed by atoms with Gasteiger partial charge in [0.15, 0.2) is 0 Å². The van der Waals surface area contributed by atoms with Gasteiger partial charge in [-0.3, -0.25) is 4.79 Å². The fraction of sp³-hybridized carbons (Fsp3) is 0.240. The summed E-state index contributed by atoms with van der Waals surface area (Å²) in [7, 11) is 2.15. The van der Waals surface area contributed by atoms with Crippen LogP contribution < -0.4 is 20.3 Å². The normalized spacial score (nSPS) is 13.9. The van der Waals surface area contributed by atoms with Gasteiger partial charge < -0.3 is 25.2 Å².